The molecule has 0 saturated heterocycles. The molecule has 0 saturated carbocycles. The molecule has 0 aromatic heterocycles. The van der Waals surface area contributed by atoms with Crippen LogP contribution in [0.4, 0.5) is 5.69 Å². The SMILES string of the molecule is C=C=C1c2c(C#N)cccc2N=C(CCC)N1/C(C=C)=C/NC. The van der Waals surface area contributed by atoms with Crippen molar-refractivity contribution in [2.45, 2.75) is 19.8 Å². The van der Waals surface area contributed by atoms with E-state index >= 15 is 0 Å². The monoisotopic (exact) mass is 304 g/mol. The van der Waals surface area contributed by atoms with Gasteiger partial charge >= 0.3 is 0 Å². The van der Waals surface area contributed by atoms with Gasteiger partial charge in [-0.05, 0) is 24.6 Å². The Morgan fingerprint density at radius 3 is 2.83 bits per heavy atom. The highest BCUT2D eigenvalue weighted by molar-refractivity contribution is 6.00. The molecule has 0 atom stereocenters. The van der Waals surface area contributed by atoms with Gasteiger partial charge < -0.3 is 5.32 Å². The summed E-state index contributed by atoms with van der Waals surface area (Å²) in [6, 6.07) is 7.77. The van der Waals surface area contributed by atoms with E-state index in [1.807, 2.05) is 30.3 Å². The largest absolute Gasteiger partial charge is 0.392 e. The molecule has 0 bridgehead atoms. The molecule has 23 heavy (non-hydrogen) atoms. The highest BCUT2D eigenvalue weighted by Crippen LogP contribution is 2.38. The van der Waals surface area contributed by atoms with E-state index in [9.17, 15) is 5.26 Å². The van der Waals surface area contributed by atoms with Gasteiger partial charge in [-0.2, -0.15) is 5.26 Å². The van der Waals surface area contributed by atoms with Crippen LogP contribution in [0.2, 0.25) is 0 Å². The van der Waals surface area contributed by atoms with E-state index in [2.05, 4.69) is 37.2 Å². The Kier molecular flexibility index (Phi) is 5.19. The van der Waals surface area contributed by atoms with Gasteiger partial charge in [0.2, 0.25) is 0 Å². The van der Waals surface area contributed by atoms with Crippen LogP contribution in [0.1, 0.15) is 30.9 Å². The topological polar surface area (TPSA) is 51.4 Å². The minimum absolute atomic E-state index is 0.561. The number of amidine groups is 1. The summed E-state index contributed by atoms with van der Waals surface area (Å²) in [6.07, 6.45) is 5.35. The number of aliphatic imine (C=N–C) groups is 1. The van der Waals surface area contributed by atoms with E-state index in [-0.39, 0.29) is 0 Å². The van der Waals surface area contributed by atoms with Crippen LogP contribution in [0.25, 0.3) is 5.70 Å². The molecule has 4 nitrogen and oxygen atoms in total. The highest BCUT2D eigenvalue weighted by atomic mass is 15.2. The first kappa shape index (κ1) is 16.4. The highest BCUT2D eigenvalue weighted by Gasteiger charge is 2.28. The number of nitriles is 1. The molecule has 0 spiro atoms. The predicted molar refractivity (Wildman–Crippen MR) is 94.9 cm³/mol. The summed E-state index contributed by atoms with van der Waals surface area (Å²) in [4.78, 5) is 6.72. The van der Waals surface area contributed by atoms with Crippen molar-refractivity contribution < 1.29 is 0 Å². The van der Waals surface area contributed by atoms with E-state index in [0.717, 1.165) is 41.3 Å². The number of fused-ring (bicyclic) bond motifs is 1. The van der Waals surface area contributed by atoms with Crippen LogP contribution < -0.4 is 5.32 Å². The number of nitrogens with zero attached hydrogens (tertiary/aromatic N) is 3. The first-order chi connectivity index (χ1) is 11.2. The van der Waals surface area contributed by atoms with Gasteiger partial charge in [0.05, 0.1) is 28.6 Å². The zero-order chi connectivity index (χ0) is 16.8. The van der Waals surface area contributed by atoms with E-state index in [1.54, 1.807) is 12.1 Å². The average Bonchev–Trinajstić information content (AvgIpc) is 2.58. The summed E-state index contributed by atoms with van der Waals surface area (Å²) in [5.41, 5.74) is 6.66. The molecule has 0 fully saturated rings. The fraction of sp³-hybridized carbons (Fsp3) is 0.211. The van der Waals surface area contributed by atoms with Gasteiger partial charge in [0.25, 0.3) is 0 Å². The summed E-state index contributed by atoms with van der Waals surface area (Å²) in [7, 11) is 1.83. The first-order valence-corrected chi connectivity index (χ1v) is 7.52. The van der Waals surface area contributed by atoms with Crippen LogP contribution in [-0.2, 0) is 0 Å². The Morgan fingerprint density at radius 2 is 2.26 bits per heavy atom. The zero-order valence-corrected chi connectivity index (χ0v) is 13.6. The van der Waals surface area contributed by atoms with E-state index in [0.29, 0.717) is 5.56 Å². The lowest BCUT2D eigenvalue weighted by molar-refractivity contribution is 0.693. The molecular weight excluding hydrogens is 284 g/mol. The smallest absolute Gasteiger partial charge is 0.114 e. The van der Waals surface area contributed by atoms with Crippen molar-refractivity contribution in [3.63, 3.8) is 0 Å². The average molecular weight is 304 g/mol. The summed E-state index contributed by atoms with van der Waals surface area (Å²) in [6.45, 7) is 9.82. The summed E-state index contributed by atoms with van der Waals surface area (Å²) < 4.78 is 0. The summed E-state index contributed by atoms with van der Waals surface area (Å²) in [5.74, 6) is 0.891. The van der Waals surface area contributed by atoms with E-state index in [4.69, 9.17) is 4.99 Å². The molecule has 0 radical (unpaired) electrons. The lowest BCUT2D eigenvalue weighted by Crippen LogP contribution is -2.31. The van der Waals surface area contributed by atoms with Gasteiger partial charge in [-0.15, -0.1) is 5.73 Å². The molecule has 116 valence electrons. The van der Waals surface area contributed by atoms with Gasteiger partial charge in [-0.1, -0.05) is 26.1 Å². The molecule has 0 amide bonds. The lowest BCUT2D eigenvalue weighted by atomic mass is 9.99. The van der Waals surface area contributed by atoms with Crippen LogP contribution in [0, 0.1) is 11.3 Å². The lowest BCUT2D eigenvalue weighted by Gasteiger charge is -2.32. The molecule has 1 aromatic carbocycles. The van der Waals surface area contributed by atoms with Gasteiger partial charge in [0, 0.05) is 19.7 Å². The van der Waals surface area contributed by atoms with E-state index in [1.165, 1.54) is 0 Å². The molecule has 1 heterocycles. The summed E-state index contributed by atoms with van der Waals surface area (Å²) >= 11 is 0. The minimum atomic E-state index is 0.561. The Bertz CT molecular complexity index is 771. The minimum Gasteiger partial charge on any atom is -0.392 e. The molecule has 4 heteroatoms. The number of hydrogen-bond acceptors (Lipinski definition) is 4. The number of nitrogens with one attached hydrogen (secondary N) is 1. The maximum absolute atomic E-state index is 9.44. The molecule has 1 N–H and O–H groups in total. The molecule has 0 aliphatic carbocycles. The van der Waals surface area contributed by atoms with Crippen LogP contribution >= 0.6 is 0 Å². The molecular formula is C19H20N4. The van der Waals surface area contributed by atoms with Crippen LogP contribution in [-0.4, -0.2) is 17.8 Å². The van der Waals surface area contributed by atoms with Crippen molar-refractivity contribution in [2.75, 3.05) is 7.05 Å². The molecule has 0 unspecified atom stereocenters. The van der Waals surface area contributed by atoms with Gasteiger partial charge in [-0.25, -0.2) is 4.99 Å². The molecule has 1 aromatic rings. The standard InChI is InChI=1S/C19H20N4/c1-5-9-18-22-16-11-8-10-14(12-20)19(16)17(7-3)23(18)15(6-2)13-21-4/h6,8,10-11,13,21H,2-3,5,9H2,1,4H3/b15-13+. The molecule has 1 aliphatic rings. The van der Waals surface area contributed by atoms with E-state index < -0.39 is 0 Å². The predicted octanol–water partition coefficient (Wildman–Crippen LogP) is 4.08. The number of rotatable bonds is 5. The molecule has 1 aliphatic heterocycles. The number of benzene rings is 1. The quantitative estimate of drug-likeness (QED) is 0.659. The third kappa shape index (κ3) is 2.96. The Labute approximate surface area is 137 Å². The zero-order valence-electron chi connectivity index (χ0n) is 13.6. The second-order valence-electron chi connectivity index (χ2n) is 5.01. The van der Waals surface area contributed by atoms with Gasteiger partial charge in [0.1, 0.15) is 11.5 Å². The third-order valence-electron chi connectivity index (χ3n) is 3.53. The third-order valence-corrected chi connectivity index (χ3v) is 3.53. The van der Waals surface area contributed by atoms with Crippen molar-refractivity contribution in [2.24, 2.45) is 4.99 Å². The maximum atomic E-state index is 9.44. The van der Waals surface area contributed by atoms with Crippen LogP contribution in [0.5, 0.6) is 0 Å². The Morgan fingerprint density at radius 1 is 1.48 bits per heavy atom. The van der Waals surface area contributed by atoms with Crippen molar-refractivity contribution in [3.05, 3.63) is 66.2 Å². The second kappa shape index (κ2) is 7.31. The van der Waals surface area contributed by atoms with Crippen molar-refractivity contribution >= 4 is 17.2 Å². The number of hydrogen-bond donors (Lipinski definition) is 1. The summed E-state index contributed by atoms with van der Waals surface area (Å²) in [5, 5.41) is 12.5. The van der Waals surface area contributed by atoms with Gasteiger partial charge in [0.15, 0.2) is 0 Å². The van der Waals surface area contributed by atoms with Crippen molar-refractivity contribution in [1.82, 2.24) is 10.2 Å². The number of allylic oxidation sites excluding steroid dienone is 1. The second-order valence-corrected chi connectivity index (χ2v) is 5.01. The fourth-order valence-corrected chi connectivity index (χ4v) is 2.60. The van der Waals surface area contributed by atoms with Crippen molar-refractivity contribution in [3.8, 4) is 6.07 Å². The van der Waals surface area contributed by atoms with Crippen LogP contribution in [0.15, 0.2) is 60.1 Å². The van der Waals surface area contributed by atoms with Gasteiger partial charge in [-0.3, -0.25) is 4.90 Å². The van der Waals surface area contributed by atoms with Crippen molar-refractivity contribution in [1.29, 1.82) is 5.26 Å². The first-order valence-electron chi connectivity index (χ1n) is 7.52. The van der Waals surface area contributed by atoms with Crippen LogP contribution in [0.3, 0.4) is 0 Å². The molecule has 2 rings (SSSR count). The fourth-order valence-electron chi connectivity index (χ4n) is 2.60. The maximum Gasteiger partial charge on any atom is 0.114 e. The normalized spacial score (nSPS) is 13.6. The Hall–Kier alpha value is -3.02. The Balaban J connectivity index is 2.77.